The van der Waals surface area contributed by atoms with Crippen LogP contribution < -0.4 is 0 Å². The van der Waals surface area contributed by atoms with Crippen molar-refractivity contribution >= 4 is 29.1 Å². The molecule has 0 aliphatic heterocycles. The van der Waals surface area contributed by atoms with Crippen molar-refractivity contribution in [2.45, 2.75) is 40.0 Å². The predicted octanol–water partition coefficient (Wildman–Crippen LogP) is 5.23. The molecule has 0 saturated heterocycles. The van der Waals surface area contributed by atoms with Crippen molar-refractivity contribution in [3.05, 3.63) is 48.1 Å². The minimum atomic E-state index is 0. The molecule has 1 atom stereocenters. The Labute approximate surface area is 142 Å². The molecular weight excluding hydrogens is 311 g/mol. The second kappa shape index (κ2) is 18.1. The first-order valence-electron chi connectivity index (χ1n) is 6.19. The Hall–Kier alpha value is 0.124. The fourth-order valence-corrected chi connectivity index (χ4v) is 1.68. The van der Waals surface area contributed by atoms with E-state index >= 15 is 0 Å². The average molecular weight is 335 g/mol. The first-order chi connectivity index (χ1) is 8.20. The molecule has 0 heterocycles. The fraction of sp³-hybridized carbons (Fsp3) is 0.438. The molecule has 3 heteroatoms. The molecule has 19 heavy (non-hydrogen) atoms. The Bertz CT molecular complexity index is 305. The van der Waals surface area contributed by atoms with E-state index in [9.17, 15) is 0 Å². The Morgan fingerprint density at radius 1 is 1.42 bits per heavy atom. The maximum absolute atomic E-state index is 3.22. The monoisotopic (exact) mass is 334 g/mol. The van der Waals surface area contributed by atoms with Crippen molar-refractivity contribution in [3.8, 4) is 0 Å². The summed E-state index contributed by atoms with van der Waals surface area (Å²) in [5, 5.41) is 0. The second-order valence-corrected chi connectivity index (χ2v) is 4.61. The SMILES string of the molecule is CC1=[C-]C(C)C=C1.CCC[CH]=[Ti+2].Cl.Cl.[C-]1=CC=CC1. The van der Waals surface area contributed by atoms with Crippen LogP contribution in [0.1, 0.15) is 40.0 Å². The minimum absolute atomic E-state index is 0. The largest absolute Gasteiger partial charge is 0.273 e. The minimum Gasteiger partial charge on any atom is -0.273 e. The van der Waals surface area contributed by atoms with Crippen LogP contribution in [0.15, 0.2) is 36.0 Å². The zero-order valence-electron chi connectivity index (χ0n) is 12.0. The van der Waals surface area contributed by atoms with Gasteiger partial charge in [-0.15, -0.1) is 31.2 Å². The van der Waals surface area contributed by atoms with Gasteiger partial charge in [0, 0.05) is 0 Å². The zero-order valence-corrected chi connectivity index (χ0v) is 15.2. The van der Waals surface area contributed by atoms with Crippen LogP contribution in [0, 0.1) is 18.1 Å². The van der Waals surface area contributed by atoms with Crippen molar-refractivity contribution in [3.63, 3.8) is 0 Å². The molecule has 0 fully saturated rings. The molecule has 0 N–H and O–H groups in total. The van der Waals surface area contributed by atoms with E-state index in [1.54, 1.807) is 0 Å². The quantitative estimate of drug-likeness (QED) is 0.479. The summed E-state index contributed by atoms with van der Waals surface area (Å²) < 4.78 is 2.18. The number of unbranched alkanes of at least 4 members (excludes halogenated alkanes) is 1. The number of rotatable bonds is 2. The molecule has 2 aliphatic rings. The van der Waals surface area contributed by atoms with Crippen LogP contribution in [0.2, 0.25) is 0 Å². The van der Waals surface area contributed by atoms with Gasteiger partial charge in [0.25, 0.3) is 0 Å². The molecule has 0 saturated carbocycles. The van der Waals surface area contributed by atoms with Crippen LogP contribution in [-0.2, 0) is 20.0 Å². The van der Waals surface area contributed by atoms with Gasteiger partial charge >= 0.3 is 44.1 Å². The third kappa shape index (κ3) is 18.1. The first kappa shape index (κ1) is 24.2. The van der Waals surface area contributed by atoms with Crippen molar-refractivity contribution in [2.75, 3.05) is 0 Å². The summed E-state index contributed by atoms with van der Waals surface area (Å²) in [6.45, 7) is 6.38. The molecule has 0 aromatic carbocycles. The van der Waals surface area contributed by atoms with Gasteiger partial charge in [0.2, 0.25) is 0 Å². The molecule has 106 valence electrons. The van der Waals surface area contributed by atoms with E-state index < -0.39 is 0 Å². The third-order valence-corrected chi connectivity index (χ3v) is 2.56. The first-order valence-corrected chi connectivity index (χ1v) is 7.09. The Kier molecular flexibility index (Phi) is 23.0. The van der Waals surface area contributed by atoms with E-state index in [0.717, 1.165) is 6.42 Å². The van der Waals surface area contributed by atoms with Crippen LogP contribution in [-0.4, -0.2) is 4.31 Å². The van der Waals surface area contributed by atoms with Gasteiger partial charge in [0.05, 0.1) is 0 Å². The molecule has 0 amide bonds. The van der Waals surface area contributed by atoms with Crippen LogP contribution in [0.4, 0.5) is 0 Å². The number of hydrogen-bond donors (Lipinski definition) is 0. The van der Waals surface area contributed by atoms with Crippen LogP contribution in [0.25, 0.3) is 0 Å². The maximum atomic E-state index is 3.22. The summed E-state index contributed by atoms with van der Waals surface area (Å²) in [4.78, 5) is 0. The predicted molar refractivity (Wildman–Crippen MR) is 87.8 cm³/mol. The standard InChI is InChI=1S/C7H9.C5H5.C4H8.2ClH.Ti/c1-6-3-4-7(2)5-6;1-2-4-5-3-1;1-3-4-2;;;/h3-4,6H,1-2H3;1-3H,4H2;1H,3-4H2,2H3;2*1H;/q2*-1;;;;+2. The van der Waals surface area contributed by atoms with Crippen LogP contribution >= 0.6 is 24.8 Å². The molecular formula is C16H24Cl2Ti. The van der Waals surface area contributed by atoms with Gasteiger partial charge in [0.15, 0.2) is 0 Å². The molecule has 0 radical (unpaired) electrons. The number of hydrogen-bond acceptors (Lipinski definition) is 0. The summed E-state index contributed by atoms with van der Waals surface area (Å²) in [7, 11) is 0. The fourth-order valence-electron chi connectivity index (χ4n) is 1.23. The smallest absolute Gasteiger partial charge is 0.109 e. The van der Waals surface area contributed by atoms with E-state index in [0.29, 0.717) is 5.92 Å². The summed E-state index contributed by atoms with van der Waals surface area (Å²) in [5.74, 6) is 0.556. The van der Waals surface area contributed by atoms with E-state index in [-0.39, 0.29) is 24.8 Å². The maximum Gasteiger partial charge on any atom is -0.109 e. The average Bonchev–Trinajstić information content (AvgIpc) is 2.95. The number of allylic oxidation sites excluding steroid dienone is 8. The van der Waals surface area contributed by atoms with Crippen molar-refractivity contribution in [1.29, 1.82) is 0 Å². The van der Waals surface area contributed by atoms with Crippen molar-refractivity contribution < 1.29 is 20.0 Å². The van der Waals surface area contributed by atoms with Gasteiger partial charge in [-0.1, -0.05) is 19.8 Å². The molecule has 2 rings (SSSR count). The summed E-state index contributed by atoms with van der Waals surface area (Å²) in [6.07, 6.45) is 20.0. The zero-order chi connectivity index (χ0) is 12.9. The Morgan fingerprint density at radius 2 is 2.11 bits per heavy atom. The molecule has 0 bridgehead atoms. The van der Waals surface area contributed by atoms with Gasteiger partial charge in [-0.3, -0.25) is 12.2 Å². The van der Waals surface area contributed by atoms with Gasteiger partial charge in [-0.25, -0.2) is 23.8 Å². The number of halogens is 2. The Morgan fingerprint density at radius 3 is 2.21 bits per heavy atom. The normalized spacial score (nSPS) is 17.1. The van der Waals surface area contributed by atoms with Crippen LogP contribution in [0.5, 0.6) is 0 Å². The summed E-state index contributed by atoms with van der Waals surface area (Å²) >= 11 is 2.09. The molecule has 0 spiro atoms. The van der Waals surface area contributed by atoms with Gasteiger partial charge in [-0.2, -0.15) is 12.2 Å². The second-order valence-electron chi connectivity index (χ2n) is 3.97. The molecule has 2 aliphatic carbocycles. The molecule has 0 nitrogen and oxygen atoms in total. The summed E-state index contributed by atoms with van der Waals surface area (Å²) in [5.41, 5.74) is 1.27. The van der Waals surface area contributed by atoms with E-state index in [1.807, 2.05) is 12.2 Å². The molecule has 0 aromatic rings. The van der Waals surface area contributed by atoms with E-state index in [2.05, 4.69) is 75.4 Å². The van der Waals surface area contributed by atoms with Crippen molar-refractivity contribution in [2.24, 2.45) is 5.92 Å². The molecule has 0 aromatic heterocycles. The van der Waals surface area contributed by atoms with Crippen LogP contribution in [0.3, 0.4) is 0 Å². The van der Waals surface area contributed by atoms with Gasteiger partial charge in [-0.05, 0) is 0 Å². The van der Waals surface area contributed by atoms with Crippen molar-refractivity contribution in [1.82, 2.24) is 0 Å². The van der Waals surface area contributed by atoms with E-state index in [1.165, 1.54) is 18.4 Å². The molecule has 1 unspecified atom stereocenters. The summed E-state index contributed by atoms with van der Waals surface area (Å²) in [6, 6.07) is 0. The third-order valence-electron chi connectivity index (χ3n) is 2.11. The van der Waals surface area contributed by atoms with Gasteiger partial charge < -0.3 is 0 Å². The topological polar surface area (TPSA) is 0 Å². The Balaban J connectivity index is -0.000000196. The van der Waals surface area contributed by atoms with Gasteiger partial charge in [0.1, 0.15) is 0 Å². The van der Waals surface area contributed by atoms with E-state index in [4.69, 9.17) is 0 Å².